The van der Waals surface area contributed by atoms with Crippen LogP contribution in [-0.4, -0.2) is 18.4 Å². The average molecular weight is 244 g/mol. The van der Waals surface area contributed by atoms with Gasteiger partial charge in [-0.2, -0.15) is 0 Å². The lowest BCUT2D eigenvalue weighted by Gasteiger charge is -2.14. The van der Waals surface area contributed by atoms with Gasteiger partial charge in [0.05, 0.1) is 5.92 Å². The largest absolute Gasteiger partial charge is 0.457 e. The number of hydrogen-bond donors (Lipinski definition) is 0. The summed E-state index contributed by atoms with van der Waals surface area (Å²) in [5, 5.41) is 0. The summed E-state index contributed by atoms with van der Waals surface area (Å²) in [6, 6.07) is 8.86. The SMILES string of the molecule is O=C(COC(=O)[C@H]1C=CCCC1)c1ccccc1. The molecule has 94 valence electrons. The van der Waals surface area contributed by atoms with Gasteiger partial charge in [-0.3, -0.25) is 9.59 Å². The van der Waals surface area contributed by atoms with E-state index in [1.807, 2.05) is 18.2 Å². The molecule has 0 aromatic heterocycles. The lowest BCUT2D eigenvalue weighted by atomic mass is 9.96. The standard InChI is InChI=1S/C15H16O3/c16-14(12-7-3-1-4-8-12)11-18-15(17)13-9-5-2-6-10-13/h1,3-5,7-9,13H,2,6,10-11H2/t13-/m0/s1. The Morgan fingerprint density at radius 2 is 2.00 bits per heavy atom. The van der Waals surface area contributed by atoms with Gasteiger partial charge in [0.1, 0.15) is 0 Å². The van der Waals surface area contributed by atoms with Crippen molar-refractivity contribution in [2.45, 2.75) is 19.3 Å². The van der Waals surface area contributed by atoms with Gasteiger partial charge in [-0.1, -0.05) is 42.5 Å². The summed E-state index contributed by atoms with van der Waals surface area (Å²) >= 11 is 0. The van der Waals surface area contributed by atoms with Crippen LogP contribution in [-0.2, 0) is 9.53 Å². The Hall–Kier alpha value is -1.90. The molecule has 0 saturated heterocycles. The van der Waals surface area contributed by atoms with E-state index in [4.69, 9.17) is 4.74 Å². The highest BCUT2D eigenvalue weighted by atomic mass is 16.5. The minimum Gasteiger partial charge on any atom is -0.457 e. The molecule has 0 radical (unpaired) electrons. The zero-order valence-corrected chi connectivity index (χ0v) is 10.2. The van der Waals surface area contributed by atoms with E-state index in [2.05, 4.69) is 0 Å². The molecular formula is C15H16O3. The maximum Gasteiger partial charge on any atom is 0.313 e. The number of hydrogen-bond acceptors (Lipinski definition) is 3. The minimum absolute atomic E-state index is 0.163. The van der Waals surface area contributed by atoms with Gasteiger partial charge in [-0.25, -0.2) is 0 Å². The smallest absolute Gasteiger partial charge is 0.313 e. The molecule has 0 amide bonds. The molecule has 0 bridgehead atoms. The first-order valence-corrected chi connectivity index (χ1v) is 6.19. The van der Waals surface area contributed by atoms with Crippen molar-refractivity contribution in [2.75, 3.05) is 6.61 Å². The van der Waals surface area contributed by atoms with Crippen LogP contribution in [0.4, 0.5) is 0 Å². The second-order valence-electron chi connectivity index (χ2n) is 4.36. The average Bonchev–Trinajstić information content (AvgIpc) is 2.46. The van der Waals surface area contributed by atoms with Gasteiger partial charge in [-0.15, -0.1) is 0 Å². The van der Waals surface area contributed by atoms with Crippen LogP contribution >= 0.6 is 0 Å². The first-order chi connectivity index (χ1) is 8.77. The molecule has 0 spiro atoms. The number of carbonyl (C=O) groups excluding carboxylic acids is 2. The lowest BCUT2D eigenvalue weighted by molar-refractivity contribution is -0.146. The van der Waals surface area contributed by atoms with Crippen LogP contribution in [0.1, 0.15) is 29.6 Å². The Balaban J connectivity index is 1.84. The molecule has 0 aliphatic heterocycles. The number of esters is 1. The van der Waals surface area contributed by atoms with Crippen LogP contribution in [0.25, 0.3) is 0 Å². The predicted molar refractivity (Wildman–Crippen MR) is 68.2 cm³/mol. The van der Waals surface area contributed by atoms with Crippen molar-refractivity contribution in [3.63, 3.8) is 0 Å². The number of rotatable bonds is 4. The van der Waals surface area contributed by atoms with Crippen LogP contribution in [0.3, 0.4) is 0 Å². The number of ether oxygens (including phenoxy) is 1. The molecule has 1 aromatic rings. The van der Waals surface area contributed by atoms with Gasteiger partial charge in [-0.05, 0) is 19.3 Å². The lowest BCUT2D eigenvalue weighted by Crippen LogP contribution is -2.21. The molecule has 0 fully saturated rings. The molecule has 3 heteroatoms. The van der Waals surface area contributed by atoms with E-state index in [0.29, 0.717) is 5.56 Å². The zero-order valence-electron chi connectivity index (χ0n) is 10.2. The van der Waals surface area contributed by atoms with Crippen molar-refractivity contribution in [1.82, 2.24) is 0 Å². The van der Waals surface area contributed by atoms with Crippen molar-refractivity contribution in [2.24, 2.45) is 5.92 Å². The molecular weight excluding hydrogens is 228 g/mol. The third kappa shape index (κ3) is 3.29. The summed E-state index contributed by atoms with van der Waals surface area (Å²) in [6.45, 7) is -0.173. The summed E-state index contributed by atoms with van der Waals surface area (Å²) in [6.07, 6.45) is 6.71. The Morgan fingerprint density at radius 3 is 2.67 bits per heavy atom. The quantitative estimate of drug-likeness (QED) is 0.464. The van der Waals surface area contributed by atoms with E-state index in [1.165, 1.54) is 0 Å². The second-order valence-corrected chi connectivity index (χ2v) is 4.36. The van der Waals surface area contributed by atoms with Gasteiger partial charge in [0, 0.05) is 5.56 Å². The van der Waals surface area contributed by atoms with Gasteiger partial charge >= 0.3 is 5.97 Å². The number of Topliss-reactive ketones (excluding diaryl/α,β-unsaturated/α-hetero) is 1. The molecule has 2 rings (SSSR count). The fourth-order valence-electron chi connectivity index (χ4n) is 1.96. The van der Waals surface area contributed by atoms with Gasteiger partial charge < -0.3 is 4.74 Å². The van der Waals surface area contributed by atoms with Crippen LogP contribution in [0.2, 0.25) is 0 Å². The second kappa shape index (κ2) is 6.15. The van der Waals surface area contributed by atoms with Crippen molar-refractivity contribution in [1.29, 1.82) is 0 Å². The molecule has 3 nitrogen and oxygen atoms in total. The minimum atomic E-state index is -0.296. The summed E-state index contributed by atoms with van der Waals surface area (Å²) in [5.41, 5.74) is 0.574. The normalized spacial score (nSPS) is 18.3. The summed E-state index contributed by atoms with van der Waals surface area (Å²) in [5.74, 6) is -0.638. The topological polar surface area (TPSA) is 43.4 Å². The first kappa shape index (κ1) is 12.6. The Bertz CT molecular complexity index is 448. The van der Waals surface area contributed by atoms with Gasteiger partial charge in [0.25, 0.3) is 0 Å². The highest BCUT2D eigenvalue weighted by Gasteiger charge is 2.19. The summed E-state index contributed by atoms with van der Waals surface area (Å²) in [4.78, 5) is 23.4. The third-order valence-electron chi connectivity index (χ3n) is 3.00. The van der Waals surface area contributed by atoms with E-state index >= 15 is 0 Å². The number of allylic oxidation sites excluding steroid dienone is 1. The van der Waals surface area contributed by atoms with Crippen molar-refractivity contribution in [3.05, 3.63) is 48.0 Å². The molecule has 0 unspecified atom stereocenters. The predicted octanol–water partition coefficient (Wildman–Crippen LogP) is 2.77. The van der Waals surface area contributed by atoms with Crippen molar-refractivity contribution in [3.8, 4) is 0 Å². The first-order valence-electron chi connectivity index (χ1n) is 6.19. The van der Waals surface area contributed by atoms with E-state index < -0.39 is 0 Å². The van der Waals surface area contributed by atoms with E-state index in [-0.39, 0.29) is 24.3 Å². The van der Waals surface area contributed by atoms with Crippen LogP contribution in [0.5, 0.6) is 0 Å². The molecule has 18 heavy (non-hydrogen) atoms. The Morgan fingerprint density at radius 1 is 1.22 bits per heavy atom. The molecule has 0 saturated carbocycles. The Labute approximate surface area is 106 Å². The fraction of sp³-hybridized carbons (Fsp3) is 0.333. The maximum atomic E-state index is 11.7. The third-order valence-corrected chi connectivity index (χ3v) is 3.00. The highest BCUT2D eigenvalue weighted by molar-refractivity contribution is 5.98. The van der Waals surface area contributed by atoms with Gasteiger partial charge in [0.2, 0.25) is 0 Å². The van der Waals surface area contributed by atoms with Crippen LogP contribution in [0, 0.1) is 5.92 Å². The molecule has 1 aromatic carbocycles. The van der Waals surface area contributed by atoms with Crippen molar-refractivity contribution >= 4 is 11.8 Å². The van der Waals surface area contributed by atoms with E-state index in [1.54, 1.807) is 24.3 Å². The number of benzene rings is 1. The molecule has 0 heterocycles. The maximum absolute atomic E-state index is 11.7. The van der Waals surface area contributed by atoms with Crippen LogP contribution < -0.4 is 0 Å². The number of carbonyl (C=O) groups is 2. The summed E-state index contributed by atoms with van der Waals surface area (Å²) in [7, 11) is 0. The van der Waals surface area contributed by atoms with E-state index in [0.717, 1.165) is 19.3 Å². The molecule has 1 aliphatic rings. The molecule has 1 aliphatic carbocycles. The van der Waals surface area contributed by atoms with Crippen molar-refractivity contribution < 1.29 is 14.3 Å². The zero-order chi connectivity index (χ0) is 12.8. The summed E-state index contributed by atoms with van der Waals surface area (Å²) < 4.78 is 5.06. The number of ketones is 1. The molecule has 1 atom stereocenters. The van der Waals surface area contributed by atoms with Gasteiger partial charge in [0.15, 0.2) is 12.4 Å². The van der Waals surface area contributed by atoms with Crippen LogP contribution in [0.15, 0.2) is 42.5 Å². The fourth-order valence-corrected chi connectivity index (χ4v) is 1.96. The molecule has 0 N–H and O–H groups in total. The monoisotopic (exact) mass is 244 g/mol. The Kier molecular flexibility index (Phi) is 4.29. The highest BCUT2D eigenvalue weighted by Crippen LogP contribution is 2.18. The van der Waals surface area contributed by atoms with E-state index in [9.17, 15) is 9.59 Å².